The van der Waals surface area contributed by atoms with Crippen molar-refractivity contribution >= 4 is 0 Å². The number of aliphatic hydroxyl groups is 1. The molecule has 1 nitrogen and oxygen atoms in total. The van der Waals surface area contributed by atoms with Crippen LogP contribution in [0, 0.1) is 11.7 Å². The molecule has 76 valence electrons. The second-order valence-electron chi connectivity index (χ2n) is 4.22. The molecule has 1 aliphatic carbocycles. The monoisotopic (exact) mass is 194 g/mol. The first kappa shape index (κ1) is 9.66. The fraction of sp³-hybridized carbons (Fsp3) is 0.500. The highest BCUT2D eigenvalue weighted by atomic mass is 19.1. The van der Waals surface area contributed by atoms with E-state index in [1.165, 1.54) is 12.1 Å². The minimum absolute atomic E-state index is 0.247. The summed E-state index contributed by atoms with van der Waals surface area (Å²) in [5.41, 5.74) is 0.122. The van der Waals surface area contributed by atoms with Gasteiger partial charge in [0.1, 0.15) is 5.82 Å². The summed E-state index contributed by atoms with van der Waals surface area (Å²) < 4.78 is 12.7. The third-order valence-electron chi connectivity index (χ3n) is 3.35. The Bertz CT molecular complexity index is 320. The average molecular weight is 194 g/mol. The number of halogens is 1. The smallest absolute Gasteiger partial charge is 0.123 e. The van der Waals surface area contributed by atoms with Crippen molar-refractivity contribution in [1.82, 2.24) is 0 Å². The summed E-state index contributed by atoms with van der Waals surface area (Å²) in [7, 11) is 0. The van der Waals surface area contributed by atoms with Crippen LogP contribution < -0.4 is 0 Å². The van der Waals surface area contributed by atoms with Crippen molar-refractivity contribution in [2.45, 2.75) is 31.8 Å². The molecule has 1 N–H and O–H groups in total. The summed E-state index contributed by atoms with van der Waals surface area (Å²) in [5, 5.41) is 10.4. The Morgan fingerprint density at radius 2 is 2.00 bits per heavy atom. The second kappa shape index (κ2) is 3.35. The average Bonchev–Trinajstić information content (AvgIpc) is 2.49. The van der Waals surface area contributed by atoms with Gasteiger partial charge in [-0.25, -0.2) is 4.39 Å². The topological polar surface area (TPSA) is 20.2 Å². The molecule has 2 atom stereocenters. The Hall–Kier alpha value is -0.890. The van der Waals surface area contributed by atoms with E-state index in [0.29, 0.717) is 0 Å². The first-order chi connectivity index (χ1) is 6.63. The van der Waals surface area contributed by atoms with Gasteiger partial charge in [0, 0.05) is 0 Å². The fourth-order valence-electron chi connectivity index (χ4n) is 2.33. The van der Waals surface area contributed by atoms with Gasteiger partial charge < -0.3 is 5.11 Å². The third-order valence-corrected chi connectivity index (χ3v) is 3.35. The molecule has 14 heavy (non-hydrogen) atoms. The van der Waals surface area contributed by atoms with Crippen LogP contribution in [-0.4, -0.2) is 5.11 Å². The quantitative estimate of drug-likeness (QED) is 0.728. The Kier molecular flexibility index (Phi) is 2.31. The largest absolute Gasteiger partial charge is 0.385 e. The van der Waals surface area contributed by atoms with Crippen LogP contribution in [0.4, 0.5) is 4.39 Å². The molecule has 0 aromatic heterocycles. The summed E-state index contributed by atoms with van der Waals surface area (Å²) in [5.74, 6) is 0.0240. The summed E-state index contributed by atoms with van der Waals surface area (Å²) in [6.07, 6.45) is 2.89. The minimum atomic E-state index is -0.728. The summed E-state index contributed by atoms with van der Waals surface area (Å²) in [6.45, 7) is 2.05. The number of hydrogen-bond acceptors (Lipinski definition) is 1. The Balaban J connectivity index is 2.34. The van der Waals surface area contributed by atoms with Gasteiger partial charge in [-0.2, -0.15) is 0 Å². The standard InChI is InChI=1S/C12H15FO/c1-9-3-2-8-12(9,14)10-4-6-11(13)7-5-10/h4-7,9,14H,2-3,8H2,1H3/t9-,12-/m0/s1. The van der Waals surface area contributed by atoms with E-state index in [2.05, 4.69) is 6.92 Å². The Morgan fingerprint density at radius 1 is 1.36 bits per heavy atom. The molecule has 2 heteroatoms. The lowest BCUT2D eigenvalue weighted by molar-refractivity contribution is 0.00444. The highest BCUT2D eigenvalue weighted by Gasteiger charge is 2.39. The van der Waals surface area contributed by atoms with Crippen LogP contribution in [0.5, 0.6) is 0 Å². The molecule has 1 aliphatic rings. The minimum Gasteiger partial charge on any atom is -0.385 e. The lowest BCUT2D eigenvalue weighted by Gasteiger charge is -2.28. The molecule has 0 aliphatic heterocycles. The molecule has 0 unspecified atom stereocenters. The SMILES string of the molecule is C[C@H]1CCC[C@@]1(O)c1ccc(F)cc1. The van der Waals surface area contributed by atoms with Crippen molar-refractivity contribution in [1.29, 1.82) is 0 Å². The molecule has 2 rings (SSSR count). The summed E-state index contributed by atoms with van der Waals surface area (Å²) in [6, 6.07) is 6.21. The van der Waals surface area contributed by atoms with E-state index in [1.54, 1.807) is 12.1 Å². The van der Waals surface area contributed by atoms with Crippen LogP contribution in [-0.2, 0) is 5.60 Å². The van der Waals surface area contributed by atoms with Crippen molar-refractivity contribution in [3.05, 3.63) is 35.6 Å². The first-order valence-corrected chi connectivity index (χ1v) is 5.11. The van der Waals surface area contributed by atoms with Gasteiger partial charge in [-0.05, 0) is 42.9 Å². The first-order valence-electron chi connectivity index (χ1n) is 5.11. The molecule has 0 heterocycles. The highest BCUT2D eigenvalue weighted by molar-refractivity contribution is 5.24. The van der Waals surface area contributed by atoms with E-state index >= 15 is 0 Å². The fourth-order valence-corrected chi connectivity index (χ4v) is 2.33. The van der Waals surface area contributed by atoms with Crippen molar-refractivity contribution in [3.8, 4) is 0 Å². The van der Waals surface area contributed by atoms with Gasteiger partial charge in [0.2, 0.25) is 0 Å². The Labute approximate surface area is 83.6 Å². The molecule has 0 radical (unpaired) electrons. The number of rotatable bonds is 1. The molecule has 1 saturated carbocycles. The van der Waals surface area contributed by atoms with Crippen LogP contribution in [0.1, 0.15) is 31.7 Å². The lowest BCUT2D eigenvalue weighted by atomic mass is 9.85. The molecule has 0 spiro atoms. The number of benzene rings is 1. The van der Waals surface area contributed by atoms with Crippen LogP contribution in [0.25, 0.3) is 0 Å². The van der Waals surface area contributed by atoms with Crippen molar-refractivity contribution < 1.29 is 9.50 Å². The maximum absolute atomic E-state index is 12.7. The van der Waals surface area contributed by atoms with Gasteiger partial charge in [-0.1, -0.05) is 19.1 Å². The van der Waals surface area contributed by atoms with E-state index in [1.807, 2.05) is 0 Å². The third kappa shape index (κ3) is 1.44. The maximum Gasteiger partial charge on any atom is 0.123 e. The number of hydrogen-bond donors (Lipinski definition) is 1. The van der Waals surface area contributed by atoms with E-state index in [0.717, 1.165) is 24.8 Å². The summed E-state index contributed by atoms with van der Waals surface area (Å²) in [4.78, 5) is 0. The molecule has 1 aromatic rings. The predicted octanol–water partition coefficient (Wildman–Crippen LogP) is 2.83. The highest BCUT2D eigenvalue weighted by Crippen LogP contribution is 2.43. The van der Waals surface area contributed by atoms with Crippen LogP contribution in [0.3, 0.4) is 0 Å². The van der Waals surface area contributed by atoms with Crippen LogP contribution in [0.15, 0.2) is 24.3 Å². The van der Waals surface area contributed by atoms with Gasteiger partial charge in [0.15, 0.2) is 0 Å². The Morgan fingerprint density at radius 3 is 2.50 bits per heavy atom. The van der Waals surface area contributed by atoms with Crippen LogP contribution in [0.2, 0.25) is 0 Å². The molecular weight excluding hydrogens is 179 g/mol. The van der Waals surface area contributed by atoms with E-state index in [9.17, 15) is 9.50 Å². The van der Waals surface area contributed by atoms with E-state index < -0.39 is 5.60 Å². The zero-order chi connectivity index (χ0) is 10.2. The molecule has 0 amide bonds. The molecule has 0 saturated heterocycles. The van der Waals surface area contributed by atoms with Gasteiger partial charge in [0.25, 0.3) is 0 Å². The maximum atomic E-state index is 12.7. The van der Waals surface area contributed by atoms with E-state index in [-0.39, 0.29) is 11.7 Å². The van der Waals surface area contributed by atoms with Gasteiger partial charge in [0.05, 0.1) is 5.60 Å². The molecular formula is C12H15FO. The lowest BCUT2D eigenvalue weighted by Crippen LogP contribution is -2.28. The zero-order valence-corrected chi connectivity index (χ0v) is 8.33. The van der Waals surface area contributed by atoms with Gasteiger partial charge in [-0.15, -0.1) is 0 Å². The zero-order valence-electron chi connectivity index (χ0n) is 8.33. The van der Waals surface area contributed by atoms with Gasteiger partial charge >= 0.3 is 0 Å². The van der Waals surface area contributed by atoms with E-state index in [4.69, 9.17) is 0 Å². The van der Waals surface area contributed by atoms with Crippen LogP contribution >= 0.6 is 0 Å². The van der Waals surface area contributed by atoms with Crippen molar-refractivity contribution in [2.75, 3.05) is 0 Å². The van der Waals surface area contributed by atoms with Gasteiger partial charge in [-0.3, -0.25) is 0 Å². The molecule has 1 aromatic carbocycles. The van der Waals surface area contributed by atoms with Crippen molar-refractivity contribution in [2.24, 2.45) is 5.92 Å². The summed E-state index contributed by atoms with van der Waals surface area (Å²) >= 11 is 0. The predicted molar refractivity (Wildman–Crippen MR) is 53.3 cm³/mol. The molecule has 1 fully saturated rings. The normalized spacial score (nSPS) is 32.1. The molecule has 0 bridgehead atoms. The van der Waals surface area contributed by atoms with Crippen molar-refractivity contribution in [3.63, 3.8) is 0 Å². The second-order valence-corrected chi connectivity index (χ2v) is 4.22.